The molecule has 0 amide bonds. The number of hydrogen-bond donors (Lipinski definition) is 1. The van der Waals surface area contributed by atoms with Crippen molar-refractivity contribution in [2.24, 2.45) is 0 Å². The Morgan fingerprint density at radius 3 is 2.41 bits per heavy atom. The Bertz CT molecular complexity index is 707. The molecule has 17 heavy (non-hydrogen) atoms. The van der Waals surface area contributed by atoms with Crippen molar-refractivity contribution in [1.82, 2.24) is 9.24 Å². The van der Waals surface area contributed by atoms with Crippen molar-refractivity contribution >= 4 is 0 Å². The maximum absolute atomic E-state index is 11.6. The highest BCUT2D eigenvalue weighted by Gasteiger charge is 2.10. The van der Waals surface area contributed by atoms with E-state index in [0.717, 1.165) is 10.6 Å². The minimum Gasteiger partial charge on any atom is -0.332 e. The van der Waals surface area contributed by atoms with Gasteiger partial charge in [-0.05, 0) is 5.56 Å². The molecule has 0 bridgehead atoms. The molecular formula is C11H8N4O2. The fourth-order valence-electron chi connectivity index (χ4n) is 1.47. The molecule has 0 unspecified atom stereocenters. The number of nitrogen functional groups attached to an aromatic ring is 1. The van der Waals surface area contributed by atoms with Crippen molar-refractivity contribution in [3.63, 3.8) is 0 Å². The van der Waals surface area contributed by atoms with Crippen molar-refractivity contribution < 1.29 is 0 Å². The second-order valence-corrected chi connectivity index (χ2v) is 3.32. The average molecular weight is 228 g/mol. The topological polar surface area (TPSA) is 93.8 Å². The largest absolute Gasteiger partial charge is 0.363 e. The summed E-state index contributed by atoms with van der Waals surface area (Å²) in [6, 6.07) is 9.83. The summed E-state index contributed by atoms with van der Waals surface area (Å²) in [5.74, 6) is 5.22. The normalized spacial score (nSPS) is 9.82. The molecule has 2 rings (SSSR count). The van der Waals surface area contributed by atoms with Crippen molar-refractivity contribution in [2.45, 2.75) is 0 Å². The Morgan fingerprint density at radius 1 is 1.18 bits per heavy atom. The number of hydrogen-bond acceptors (Lipinski definition) is 4. The van der Waals surface area contributed by atoms with Crippen LogP contribution in [0.4, 0.5) is 0 Å². The van der Waals surface area contributed by atoms with Crippen LogP contribution in [0.2, 0.25) is 0 Å². The molecule has 0 aliphatic carbocycles. The molecule has 0 aliphatic heterocycles. The average Bonchev–Trinajstić information content (AvgIpc) is 2.36. The van der Waals surface area contributed by atoms with Gasteiger partial charge in [-0.1, -0.05) is 30.3 Å². The van der Waals surface area contributed by atoms with Crippen molar-refractivity contribution in [3.05, 3.63) is 57.2 Å². The molecule has 6 heteroatoms. The van der Waals surface area contributed by atoms with Gasteiger partial charge in [0.1, 0.15) is 0 Å². The zero-order valence-electron chi connectivity index (χ0n) is 8.70. The van der Waals surface area contributed by atoms with Gasteiger partial charge in [-0.15, -0.1) is 0 Å². The van der Waals surface area contributed by atoms with Crippen molar-refractivity contribution in [1.29, 1.82) is 5.26 Å². The first-order valence-electron chi connectivity index (χ1n) is 4.75. The van der Waals surface area contributed by atoms with E-state index in [-0.39, 0.29) is 5.69 Å². The molecule has 0 atom stereocenters. The van der Waals surface area contributed by atoms with Crippen LogP contribution in [0.1, 0.15) is 0 Å². The molecule has 6 nitrogen and oxygen atoms in total. The molecule has 0 saturated carbocycles. The number of aromatic nitrogens is 2. The van der Waals surface area contributed by atoms with Crippen LogP contribution in [0.25, 0.3) is 11.3 Å². The number of nitriles is 1. The van der Waals surface area contributed by atoms with Crippen LogP contribution in [0.3, 0.4) is 0 Å². The third-order valence-electron chi connectivity index (χ3n) is 2.31. The lowest BCUT2D eigenvalue weighted by Crippen LogP contribution is -2.43. The summed E-state index contributed by atoms with van der Waals surface area (Å²) in [6.45, 7) is 0. The summed E-state index contributed by atoms with van der Waals surface area (Å²) in [7, 11) is 0. The van der Waals surface area contributed by atoms with Crippen LogP contribution in [-0.4, -0.2) is 9.24 Å². The second-order valence-electron chi connectivity index (χ2n) is 3.32. The maximum Gasteiger partial charge on any atom is 0.363 e. The standard InChI is InChI=1S/C11H8N4O2/c12-7-14-9(8-4-2-1-3-5-8)6-10(16)15(13)11(14)17/h1-6H,13H2. The van der Waals surface area contributed by atoms with Crippen LogP contribution in [-0.2, 0) is 0 Å². The van der Waals surface area contributed by atoms with Gasteiger partial charge < -0.3 is 5.84 Å². The smallest absolute Gasteiger partial charge is 0.332 e. The van der Waals surface area contributed by atoms with E-state index in [9.17, 15) is 9.59 Å². The van der Waals surface area contributed by atoms with Gasteiger partial charge in [-0.3, -0.25) is 4.79 Å². The van der Waals surface area contributed by atoms with Gasteiger partial charge in [0.05, 0.1) is 5.69 Å². The molecule has 1 aromatic carbocycles. The van der Waals surface area contributed by atoms with Crippen LogP contribution >= 0.6 is 0 Å². The highest BCUT2D eigenvalue weighted by molar-refractivity contribution is 5.59. The third kappa shape index (κ3) is 1.70. The SMILES string of the molecule is N#Cn1c(-c2ccccc2)cc(=O)n(N)c1=O. The van der Waals surface area contributed by atoms with Gasteiger partial charge in [0.2, 0.25) is 0 Å². The predicted octanol–water partition coefficient (Wildman–Crippen LogP) is -0.280. The van der Waals surface area contributed by atoms with Crippen molar-refractivity contribution in [2.75, 3.05) is 5.84 Å². The number of benzene rings is 1. The maximum atomic E-state index is 11.6. The Hall–Kier alpha value is -2.81. The molecule has 0 spiro atoms. The van der Waals surface area contributed by atoms with E-state index in [1.54, 1.807) is 36.5 Å². The van der Waals surface area contributed by atoms with Gasteiger partial charge in [0, 0.05) is 6.07 Å². The zero-order valence-corrected chi connectivity index (χ0v) is 8.70. The Labute approximate surface area is 95.7 Å². The molecule has 0 aliphatic rings. The lowest BCUT2D eigenvalue weighted by molar-refractivity contribution is 0.784. The molecule has 0 fully saturated rings. The summed E-state index contributed by atoms with van der Waals surface area (Å²) in [6.07, 6.45) is 1.69. The predicted molar refractivity (Wildman–Crippen MR) is 61.6 cm³/mol. The number of nitrogens with two attached hydrogens (primary N) is 1. The minimum atomic E-state index is -0.862. The lowest BCUT2D eigenvalue weighted by Gasteiger charge is -2.06. The summed E-state index contributed by atoms with van der Waals surface area (Å²) < 4.78 is 1.17. The van der Waals surface area contributed by atoms with E-state index in [1.165, 1.54) is 0 Å². The molecule has 2 N–H and O–H groups in total. The molecule has 0 saturated heterocycles. The van der Waals surface area contributed by atoms with Gasteiger partial charge in [-0.2, -0.15) is 14.5 Å². The highest BCUT2D eigenvalue weighted by atomic mass is 16.2. The highest BCUT2D eigenvalue weighted by Crippen LogP contribution is 2.14. The summed E-state index contributed by atoms with van der Waals surface area (Å²) >= 11 is 0. The first-order valence-corrected chi connectivity index (χ1v) is 4.75. The van der Waals surface area contributed by atoms with E-state index in [2.05, 4.69) is 0 Å². The Kier molecular flexibility index (Phi) is 2.51. The van der Waals surface area contributed by atoms with E-state index >= 15 is 0 Å². The van der Waals surface area contributed by atoms with Gasteiger partial charge >= 0.3 is 5.69 Å². The number of rotatable bonds is 1. The summed E-state index contributed by atoms with van der Waals surface area (Å²) in [4.78, 5) is 23.0. The van der Waals surface area contributed by atoms with Crippen LogP contribution in [0.15, 0.2) is 46.0 Å². The molecule has 0 radical (unpaired) electrons. The monoisotopic (exact) mass is 228 g/mol. The Morgan fingerprint density at radius 2 is 1.82 bits per heavy atom. The van der Waals surface area contributed by atoms with Gasteiger partial charge in [0.15, 0.2) is 6.19 Å². The van der Waals surface area contributed by atoms with E-state index in [1.807, 2.05) is 0 Å². The fraction of sp³-hybridized carbons (Fsp3) is 0. The second kappa shape index (κ2) is 3.98. The first kappa shape index (κ1) is 10.7. The molecule has 2 aromatic rings. The minimum absolute atomic E-state index is 0.227. The lowest BCUT2D eigenvalue weighted by atomic mass is 10.1. The van der Waals surface area contributed by atoms with Gasteiger partial charge in [0.25, 0.3) is 5.56 Å². The first-order chi connectivity index (χ1) is 8.15. The van der Waals surface area contributed by atoms with Crippen LogP contribution in [0, 0.1) is 11.5 Å². The van der Waals surface area contributed by atoms with E-state index < -0.39 is 11.2 Å². The molecule has 84 valence electrons. The van der Waals surface area contributed by atoms with Crippen molar-refractivity contribution in [3.8, 4) is 17.5 Å². The van der Waals surface area contributed by atoms with E-state index in [4.69, 9.17) is 11.1 Å². The zero-order chi connectivity index (χ0) is 12.4. The molecular weight excluding hydrogens is 220 g/mol. The molecule has 1 heterocycles. The summed E-state index contributed by atoms with van der Waals surface area (Å²) in [5.41, 5.74) is -0.687. The van der Waals surface area contributed by atoms with Crippen LogP contribution < -0.4 is 17.1 Å². The fourth-order valence-corrected chi connectivity index (χ4v) is 1.47. The molecule has 1 aromatic heterocycles. The number of nitrogens with zero attached hydrogens (tertiary/aromatic N) is 3. The quantitative estimate of drug-likeness (QED) is 0.679. The van der Waals surface area contributed by atoms with E-state index in [0.29, 0.717) is 10.2 Å². The third-order valence-corrected chi connectivity index (χ3v) is 2.31. The summed E-state index contributed by atoms with van der Waals surface area (Å²) in [5, 5.41) is 8.92. The Balaban J connectivity index is 2.86. The van der Waals surface area contributed by atoms with Gasteiger partial charge in [-0.25, -0.2) is 4.79 Å². The van der Waals surface area contributed by atoms with Crippen LogP contribution in [0.5, 0.6) is 0 Å².